The monoisotopic (exact) mass is 279 g/mol. The summed E-state index contributed by atoms with van der Waals surface area (Å²) in [6.45, 7) is 6.26. The van der Waals surface area contributed by atoms with E-state index in [0.717, 1.165) is 25.9 Å². The van der Waals surface area contributed by atoms with E-state index in [0.29, 0.717) is 6.61 Å². The highest BCUT2D eigenvalue weighted by atomic mass is 31.2. The summed E-state index contributed by atoms with van der Waals surface area (Å²) in [5.41, 5.74) is 0. The lowest BCUT2D eigenvalue weighted by Gasteiger charge is -2.10. The fraction of sp³-hybridized carbons (Fsp3) is 1.00. The maximum Gasteiger partial charge on any atom is 0.328 e. The van der Waals surface area contributed by atoms with Crippen LogP contribution in [0.25, 0.3) is 0 Å². The van der Waals surface area contributed by atoms with Gasteiger partial charge >= 0.3 is 7.60 Å². The maximum absolute atomic E-state index is 11.4. The molecule has 0 aliphatic heterocycles. The van der Waals surface area contributed by atoms with Crippen LogP contribution in [0.2, 0.25) is 0 Å². The molecule has 2 N–H and O–H groups in total. The zero-order chi connectivity index (χ0) is 13.7. The van der Waals surface area contributed by atoms with Crippen LogP contribution in [0.5, 0.6) is 0 Å². The summed E-state index contributed by atoms with van der Waals surface area (Å²) in [5.74, 6) is 0. The van der Waals surface area contributed by atoms with E-state index >= 15 is 0 Å². The lowest BCUT2D eigenvalue weighted by Crippen LogP contribution is -2.16. The summed E-state index contributed by atoms with van der Waals surface area (Å²) in [6, 6.07) is 0. The van der Waals surface area contributed by atoms with E-state index < -0.39 is 7.60 Å². The summed E-state index contributed by atoms with van der Waals surface area (Å²) in [5, 5.41) is 3.37. The number of rotatable bonds is 13. The highest BCUT2D eigenvalue weighted by Gasteiger charge is 2.16. The molecule has 4 nitrogen and oxygen atoms in total. The normalized spacial score (nSPS) is 14.6. The Morgan fingerprint density at radius 1 is 1.00 bits per heavy atom. The largest absolute Gasteiger partial charge is 0.328 e. The molecule has 1 atom stereocenters. The SMILES string of the molecule is CCCCCCCNCCCCP(=O)(O)OCC. The van der Waals surface area contributed by atoms with Crippen molar-refractivity contribution in [2.24, 2.45) is 0 Å². The van der Waals surface area contributed by atoms with Crippen LogP contribution in [0, 0.1) is 0 Å². The molecule has 110 valence electrons. The van der Waals surface area contributed by atoms with E-state index in [-0.39, 0.29) is 6.16 Å². The third-order valence-electron chi connectivity index (χ3n) is 2.83. The lowest BCUT2D eigenvalue weighted by molar-refractivity contribution is 0.273. The van der Waals surface area contributed by atoms with E-state index in [1.165, 1.54) is 32.1 Å². The molecule has 0 aromatic heterocycles. The topological polar surface area (TPSA) is 58.6 Å². The quantitative estimate of drug-likeness (QED) is 0.400. The van der Waals surface area contributed by atoms with Crippen LogP contribution >= 0.6 is 7.60 Å². The Bertz CT molecular complexity index is 224. The van der Waals surface area contributed by atoms with Gasteiger partial charge in [0.2, 0.25) is 0 Å². The first kappa shape index (κ1) is 18.1. The van der Waals surface area contributed by atoms with Crippen LogP contribution in [-0.2, 0) is 9.09 Å². The summed E-state index contributed by atoms with van der Waals surface area (Å²) < 4.78 is 16.2. The molecule has 0 amide bonds. The van der Waals surface area contributed by atoms with Gasteiger partial charge in [-0.25, -0.2) is 0 Å². The third-order valence-corrected chi connectivity index (χ3v) is 4.38. The van der Waals surface area contributed by atoms with Gasteiger partial charge in [-0.1, -0.05) is 32.6 Å². The Hall–Kier alpha value is 0.110. The molecule has 5 heteroatoms. The molecular formula is C13H30NO3P. The summed E-state index contributed by atoms with van der Waals surface area (Å²) >= 11 is 0. The van der Waals surface area contributed by atoms with Crippen molar-refractivity contribution in [2.45, 2.75) is 58.8 Å². The van der Waals surface area contributed by atoms with Gasteiger partial charge in [0.05, 0.1) is 12.8 Å². The minimum Gasteiger partial charge on any atom is -0.324 e. The maximum atomic E-state index is 11.4. The summed E-state index contributed by atoms with van der Waals surface area (Å²) in [7, 11) is -3.29. The minimum atomic E-state index is -3.29. The lowest BCUT2D eigenvalue weighted by atomic mass is 10.1. The zero-order valence-electron chi connectivity index (χ0n) is 12.0. The predicted molar refractivity (Wildman–Crippen MR) is 77.2 cm³/mol. The molecule has 0 heterocycles. The van der Waals surface area contributed by atoms with Crippen molar-refractivity contribution in [2.75, 3.05) is 25.9 Å². The van der Waals surface area contributed by atoms with Crippen LogP contribution in [0.1, 0.15) is 58.8 Å². The van der Waals surface area contributed by atoms with Crippen LogP contribution in [0.4, 0.5) is 0 Å². The molecule has 0 aliphatic carbocycles. The first-order chi connectivity index (χ1) is 8.62. The molecule has 0 saturated heterocycles. The minimum absolute atomic E-state index is 0.277. The highest BCUT2D eigenvalue weighted by molar-refractivity contribution is 7.52. The summed E-state index contributed by atoms with van der Waals surface area (Å²) in [4.78, 5) is 9.35. The first-order valence-corrected chi connectivity index (χ1v) is 9.05. The van der Waals surface area contributed by atoms with Crippen LogP contribution < -0.4 is 5.32 Å². The molecule has 0 saturated carbocycles. The van der Waals surface area contributed by atoms with Gasteiger partial charge in [-0.2, -0.15) is 0 Å². The van der Waals surface area contributed by atoms with E-state index in [9.17, 15) is 9.46 Å². The van der Waals surface area contributed by atoms with Crippen molar-refractivity contribution in [3.63, 3.8) is 0 Å². The smallest absolute Gasteiger partial charge is 0.324 e. The first-order valence-electron chi connectivity index (χ1n) is 7.29. The van der Waals surface area contributed by atoms with Crippen LogP contribution in [-0.4, -0.2) is 30.8 Å². The van der Waals surface area contributed by atoms with Crippen LogP contribution in [0.3, 0.4) is 0 Å². The van der Waals surface area contributed by atoms with Crippen LogP contribution in [0.15, 0.2) is 0 Å². The highest BCUT2D eigenvalue weighted by Crippen LogP contribution is 2.42. The second-order valence-corrected chi connectivity index (χ2v) is 6.63. The van der Waals surface area contributed by atoms with E-state index in [2.05, 4.69) is 12.2 Å². The molecule has 18 heavy (non-hydrogen) atoms. The predicted octanol–water partition coefficient (Wildman–Crippen LogP) is 3.55. The van der Waals surface area contributed by atoms with E-state index in [1.807, 2.05) is 0 Å². The number of nitrogens with one attached hydrogen (secondary N) is 1. The standard InChI is InChI=1S/C13H30NO3P/c1-3-5-6-7-8-11-14-12-9-10-13-18(15,16)17-4-2/h14H,3-13H2,1-2H3,(H,15,16). The number of hydrogen-bond acceptors (Lipinski definition) is 3. The van der Waals surface area contributed by atoms with Gasteiger partial charge in [0.25, 0.3) is 0 Å². The summed E-state index contributed by atoms with van der Waals surface area (Å²) in [6.07, 6.45) is 8.45. The van der Waals surface area contributed by atoms with E-state index in [1.54, 1.807) is 6.92 Å². The van der Waals surface area contributed by atoms with Gasteiger partial charge in [0.15, 0.2) is 0 Å². The molecule has 0 aromatic rings. The van der Waals surface area contributed by atoms with Crippen molar-refractivity contribution in [1.29, 1.82) is 0 Å². The van der Waals surface area contributed by atoms with Gasteiger partial charge in [0, 0.05) is 0 Å². The third kappa shape index (κ3) is 12.6. The Labute approximate surface area is 112 Å². The number of unbranched alkanes of at least 4 members (excludes halogenated alkanes) is 5. The van der Waals surface area contributed by atoms with Crippen molar-refractivity contribution < 1.29 is 14.0 Å². The fourth-order valence-corrected chi connectivity index (χ4v) is 2.96. The zero-order valence-corrected chi connectivity index (χ0v) is 12.9. The molecule has 0 aromatic carbocycles. The molecule has 0 fully saturated rings. The van der Waals surface area contributed by atoms with Crippen molar-refractivity contribution >= 4 is 7.60 Å². The molecule has 0 bridgehead atoms. The Balaban J connectivity index is 3.18. The van der Waals surface area contributed by atoms with Gasteiger partial charge < -0.3 is 14.7 Å². The second-order valence-electron chi connectivity index (χ2n) is 4.65. The average Bonchev–Trinajstić information content (AvgIpc) is 2.31. The van der Waals surface area contributed by atoms with Crippen molar-refractivity contribution in [3.8, 4) is 0 Å². The molecule has 0 spiro atoms. The van der Waals surface area contributed by atoms with Crippen molar-refractivity contribution in [3.05, 3.63) is 0 Å². The fourth-order valence-electron chi connectivity index (χ4n) is 1.81. The average molecular weight is 279 g/mol. The van der Waals surface area contributed by atoms with Crippen molar-refractivity contribution in [1.82, 2.24) is 5.32 Å². The van der Waals surface area contributed by atoms with Gasteiger partial charge in [-0.15, -0.1) is 0 Å². The number of hydrogen-bond donors (Lipinski definition) is 2. The molecule has 0 aliphatic rings. The molecule has 1 unspecified atom stereocenters. The Kier molecular flexibility index (Phi) is 12.2. The van der Waals surface area contributed by atoms with Gasteiger partial charge in [-0.3, -0.25) is 4.57 Å². The Morgan fingerprint density at radius 3 is 2.22 bits per heavy atom. The molecule has 0 rings (SSSR count). The molecular weight excluding hydrogens is 249 g/mol. The van der Waals surface area contributed by atoms with E-state index in [4.69, 9.17) is 4.52 Å². The Morgan fingerprint density at radius 2 is 1.61 bits per heavy atom. The molecule has 0 radical (unpaired) electrons. The van der Waals surface area contributed by atoms with Gasteiger partial charge in [-0.05, 0) is 39.3 Å². The van der Waals surface area contributed by atoms with Gasteiger partial charge in [0.1, 0.15) is 0 Å². The second kappa shape index (κ2) is 12.2.